The molecule has 0 N–H and O–H groups in total. The van der Waals surface area contributed by atoms with Crippen molar-refractivity contribution in [2.45, 2.75) is 0 Å². The summed E-state index contributed by atoms with van der Waals surface area (Å²) >= 11 is 3.29. The third kappa shape index (κ3) is 1.80. The molecule has 1 aromatic heterocycles. The van der Waals surface area contributed by atoms with Crippen molar-refractivity contribution in [3.8, 4) is 11.1 Å². The number of halogens is 2. The largest absolute Gasteiger partial charge is 0.206 e. The van der Waals surface area contributed by atoms with Gasteiger partial charge in [0.15, 0.2) is 0 Å². The van der Waals surface area contributed by atoms with E-state index in [2.05, 4.69) is 26.1 Å². The first-order valence-corrected chi connectivity index (χ1v) is 4.79. The van der Waals surface area contributed by atoms with E-state index in [1.54, 1.807) is 18.2 Å². The maximum absolute atomic E-state index is 13.4. The van der Waals surface area contributed by atoms with Crippen molar-refractivity contribution in [1.82, 2.24) is 10.2 Å². The van der Waals surface area contributed by atoms with Crippen LogP contribution in [0.3, 0.4) is 0 Å². The van der Waals surface area contributed by atoms with Gasteiger partial charge in [-0.15, -0.1) is 0 Å². The highest BCUT2D eigenvalue weighted by atomic mass is 79.9. The van der Waals surface area contributed by atoms with Crippen molar-refractivity contribution < 1.29 is 4.39 Å². The van der Waals surface area contributed by atoms with Crippen molar-refractivity contribution >= 4 is 15.9 Å². The second-order valence-electron chi connectivity index (χ2n) is 2.76. The molecule has 2 nitrogen and oxygen atoms in total. The van der Waals surface area contributed by atoms with E-state index in [4.69, 9.17) is 0 Å². The Morgan fingerprint density at radius 1 is 1.14 bits per heavy atom. The van der Waals surface area contributed by atoms with Gasteiger partial charge in [0.25, 0.3) is 0 Å². The maximum Gasteiger partial charge on any atom is 0.131 e. The van der Waals surface area contributed by atoms with Gasteiger partial charge in [0.1, 0.15) is 5.82 Å². The second kappa shape index (κ2) is 3.84. The highest BCUT2D eigenvalue weighted by molar-refractivity contribution is 9.10. The van der Waals surface area contributed by atoms with Crippen LogP contribution in [0, 0.1) is 5.82 Å². The quantitative estimate of drug-likeness (QED) is 0.780. The van der Waals surface area contributed by atoms with E-state index in [-0.39, 0.29) is 5.82 Å². The fourth-order valence-corrected chi connectivity index (χ4v) is 1.53. The summed E-state index contributed by atoms with van der Waals surface area (Å²) in [6.45, 7) is 0. The van der Waals surface area contributed by atoms with Crippen LogP contribution in [0.4, 0.5) is 4.39 Å². The number of nitrogens with zero attached hydrogens (tertiary/aromatic N) is 2. The molecule has 0 radical (unpaired) electrons. The van der Waals surface area contributed by atoms with Gasteiger partial charge in [-0.2, -0.15) is 10.2 Å². The number of hydrogen-bond donors (Lipinski definition) is 0. The van der Waals surface area contributed by atoms with E-state index in [1.165, 1.54) is 18.5 Å². The van der Waals surface area contributed by atoms with Crippen LogP contribution in [0.1, 0.15) is 0 Å². The summed E-state index contributed by atoms with van der Waals surface area (Å²) in [5, 5.41) is 7.34. The minimum Gasteiger partial charge on any atom is -0.206 e. The minimum absolute atomic E-state index is 0.263. The van der Waals surface area contributed by atoms with E-state index < -0.39 is 0 Å². The van der Waals surface area contributed by atoms with Crippen LogP contribution in [0.25, 0.3) is 11.1 Å². The van der Waals surface area contributed by atoms with E-state index in [9.17, 15) is 4.39 Å². The van der Waals surface area contributed by atoms with Crippen molar-refractivity contribution in [1.29, 1.82) is 0 Å². The lowest BCUT2D eigenvalue weighted by Crippen LogP contribution is -1.86. The van der Waals surface area contributed by atoms with Crippen molar-refractivity contribution in [3.05, 3.63) is 46.9 Å². The summed E-state index contributed by atoms with van der Waals surface area (Å²) in [5.41, 5.74) is 1.24. The molecule has 14 heavy (non-hydrogen) atoms. The summed E-state index contributed by atoms with van der Waals surface area (Å²) in [6.07, 6.45) is 3.07. The third-order valence-corrected chi connectivity index (χ3v) is 2.32. The fraction of sp³-hybridized carbons (Fsp3) is 0. The van der Waals surface area contributed by atoms with Crippen LogP contribution >= 0.6 is 15.9 Å². The minimum atomic E-state index is -0.263. The highest BCUT2D eigenvalue weighted by Crippen LogP contribution is 2.24. The number of aromatic nitrogens is 2. The van der Waals surface area contributed by atoms with Crippen LogP contribution in [0.5, 0.6) is 0 Å². The highest BCUT2D eigenvalue weighted by Gasteiger charge is 2.04. The van der Waals surface area contributed by atoms with Gasteiger partial charge in [0.2, 0.25) is 0 Å². The molecule has 1 heterocycles. The van der Waals surface area contributed by atoms with Gasteiger partial charge >= 0.3 is 0 Å². The van der Waals surface area contributed by atoms with Crippen LogP contribution in [0.15, 0.2) is 41.1 Å². The molecule has 2 rings (SSSR count). The zero-order chi connectivity index (χ0) is 9.97. The SMILES string of the molecule is Fc1ccc(Br)cc1-c1ccnnc1. The molecule has 0 saturated carbocycles. The Morgan fingerprint density at radius 2 is 2.00 bits per heavy atom. The van der Waals surface area contributed by atoms with Gasteiger partial charge in [0, 0.05) is 15.6 Å². The van der Waals surface area contributed by atoms with Crippen molar-refractivity contribution in [2.24, 2.45) is 0 Å². The van der Waals surface area contributed by atoms with Crippen molar-refractivity contribution in [3.63, 3.8) is 0 Å². The van der Waals surface area contributed by atoms with Crippen molar-refractivity contribution in [2.75, 3.05) is 0 Å². The monoisotopic (exact) mass is 252 g/mol. The smallest absolute Gasteiger partial charge is 0.131 e. The van der Waals surface area contributed by atoms with Gasteiger partial charge < -0.3 is 0 Å². The van der Waals surface area contributed by atoms with Crippen LogP contribution in [-0.4, -0.2) is 10.2 Å². The summed E-state index contributed by atoms with van der Waals surface area (Å²) in [5.74, 6) is -0.263. The van der Waals surface area contributed by atoms with Crippen LogP contribution in [-0.2, 0) is 0 Å². The Kier molecular flexibility index (Phi) is 2.54. The number of benzene rings is 1. The molecule has 0 atom stereocenters. The predicted octanol–water partition coefficient (Wildman–Crippen LogP) is 3.05. The topological polar surface area (TPSA) is 25.8 Å². The Morgan fingerprint density at radius 3 is 2.71 bits per heavy atom. The van der Waals surface area contributed by atoms with E-state index in [1.807, 2.05) is 0 Å². The first-order valence-electron chi connectivity index (χ1n) is 3.99. The van der Waals surface area contributed by atoms with Gasteiger partial charge in [-0.05, 0) is 24.3 Å². The molecule has 0 spiro atoms. The molecule has 1 aromatic carbocycles. The molecule has 0 amide bonds. The first kappa shape index (κ1) is 9.27. The predicted molar refractivity (Wildman–Crippen MR) is 55.1 cm³/mol. The normalized spacial score (nSPS) is 10.1. The zero-order valence-electron chi connectivity index (χ0n) is 7.11. The lowest BCUT2D eigenvalue weighted by Gasteiger charge is -2.02. The average molecular weight is 253 g/mol. The number of rotatable bonds is 1. The standard InChI is InChI=1S/C10H6BrFN2/c11-8-1-2-10(12)9(5-8)7-3-4-13-14-6-7/h1-6H. The Hall–Kier alpha value is -1.29. The van der Waals surface area contributed by atoms with Gasteiger partial charge in [-0.25, -0.2) is 4.39 Å². The van der Waals surface area contributed by atoms with E-state index in [0.717, 1.165) is 10.0 Å². The summed E-state index contributed by atoms with van der Waals surface area (Å²) < 4.78 is 14.2. The molecular formula is C10H6BrFN2. The molecule has 0 aliphatic rings. The Labute approximate surface area is 88.9 Å². The Balaban J connectivity index is 2.57. The van der Waals surface area contributed by atoms with Gasteiger partial charge in [-0.1, -0.05) is 15.9 Å². The zero-order valence-corrected chi connectivity index (χ0v) is 8.70. The molecule has 2 aromatic rings. The second-order valence-corrected chi connectivity index (χ2v) is 3.67. The molecular weight excluding hydrogens is 247 g/mol. The molecule has 0 fully saturated rings. The fourth-order valence-electron chi connectivity index (χ4n) is 1.17. The number of hydrogen-bond acceptors (Lipinski definition) is 2. The molecule has 4 heteroatoms. The first-order chi connectivity index (χ1) is 6.77. The molecule has 0 saturated heterocycles. The maximum atomic E-state index is 13.4. The summed E-state index contributed by atoms with van der Waals surface area (Å²) in [4.78, 5) is 0. The lowest BCUT2D eigenvalue weighted by atomic mass is 10.1. The average Bonchev–Trinajstić information content (AvgIpc) is 2.23. The van der Waals surface area contributed by atoms with Crippen LogP contribution < -0.4 is 0 Å². The summed E-state index contributed by atoms with van der Waals surface area (Å²) in [7, 11) is 0. The molecule has 0 unspecified atom stereocenters. The Bertz CT molecular complexity index is 445. The van der Waals surface area contributed by atoms with E-state index >= 15 is 0 Å². The molecule has 0 aliphatic heterocycles. The summed E-state index contributed by atoms with van der Waals surface area (Å²) in [6, 6.07) is 6.51. The molecule has 0 aliphatic carbocycles. The molecule has 0 bridgehead atoms. The third-order valence-electron chi connectivity index (χ3n) is 1.82. The van der Waals surface area contributed by atoms with Crippen LogP contribution in [0.2, 0.25) is 0 Å². The lowest BCUT2D eigenvalue weighted by molar-refractivity contribution is 0.631. The van der Waals surface area contributed by atoms with E-state index in [0.29, 0.717) is 5.56 Å². The van der Waals surface area contributed by atoms with Gasteiger partial charge in [-0.3, -0.25) is 0 Å². The molecule has 70 valence electrons. The van der Waals surface area contributed by atoms with Gasteiger partial charge in [0.05, 0.1) is 12.4 Å².